The summed E-state index contributed by atoms with van der Waals surface area (Å²) in [6.45, 7) is 2.88. The van der Waals surface area contributed by atoms with Gasteiger partial charge in [-0.15, -0.1) is 0 Å². The van der Waals surface area contributed by atoms with E-state index in [0.717, 1.165) is 6.61 Å². The third-order valence-electron chi connectivity index (χ3n) is 1.04. The van der Waals surface area contributed by atoms with Crippen LogP contribution < -0.4 is 0 Å². The molecule has 0 aliphatic heterocycles. The summed E-state index contributed by atoms with van der Waals surface area (Å²) in [5.41, 5.74) is 0. The molecule has 0 aromatic rings. The van der Waals surface area contributed by atoms with Crippen LogP contribution in [0.4, 0.5) is 0 Å². The zero-order valence-electron chi connectivity index (χ0n) is 4.36. The van der Waals surface area contributed by atoms with Crippen LogP contribution in [0.25, 0.3) is 0 Å². The number of rotatable bonds is 2. The van der Waals surface area contributed by atoms with Gasteiger partial charge < -0.3 is 4.74 Å². The number of hydrogen-bond donors (Lipinski definition) is 0. The van der Waals surface area contributed by atoms with E-state index in [0.29, 0.717) is 10.9 Å². The minimum atomic E-state index is 0.532. The van der Waals surface area contributed by atoms with E-state index in [4.69, 9.17) is 4.74 Å². The highest BCUT2D eigenvalue weighted by Crippen LogP contribution is 2.32. The molecule has 0 amide bonds. The van der Waals surface area contributed by atoms with Gasteiger partial charge in [0.1, 0.15) is 0 Å². The Kier molecular flexibility index (Phi) is 1.70. The summed E-state index contributed by atoms with van der Waals surface area (Å²) in [5, 5.41) is 0. The molecule has 1 aliphatic carbocycles. The van der Waals surface area contributed by atoms with Crippen LogP contribution in [0.5, 0.6) is 0 Å². The van der Waals surface area contributed by atoms with Crippen molar-refractivity contribution >= 4 is 15.9 Å². The van der Waals surface area contributed by atoms with Crippen LogP contribution in [0.2, 0.25) is 0 Å². The van der Waals surface area contributed by atoms with Crippen LogP contribution >= 0.6 is 15.9 Å². The molecule has 0 N–H and O–H groups in total. The zero-order valence-corrected chi connectivity index (χ0v) is 5.94. The summed E-state index contributed by atoms with van der Waals surface area (Å²) in [6, 6.07) is 0. The molecule has 2 heteroatoms. The molecular formula is C5H9BrO. The molecule has 0 bridgehead atoms. The van der Waals surface area contributed by atoms with E-state index in [9.17, 15) is 0 Å². The van der Waals surface area contributed by atoms with Gasteiger partial charge in [0.2, 0.25) is 0 Å². The van der Waals surface area contributed by atoms with Crippen molar-refractivity contribution in [2.45, 2.75) is 24.3 Å². The number of alkyl halides is 1. The van der Waals surface area contributed by atoms with Gasteiger partial charge in [-0.2, -0.15) is 0 Å². The van der Waals surface area contributed by atoms with Crippen molar-refractivity contribution in [3.05, 3.63) is 0 Å². The molecule has 1 aliphatic rings. The fourth-order valence-electron chi connectivity index (χ4n) is 0.530. The summed E-state index contributed by atoms with van der Waals surface area (Å²) in [7, 11) is 0. The lowest BCUT2D eigenvalue weighted by Gasteiger charge is -1.91. The Labute approximate surface area is 52.2 Å². The summed E-state index contributed by atoms with van der Waals surface area (Å²) >= 11 is 3.42. The van der Waals surface area contributed by atoms with Crippen LogP contribution in [0, 0.1) is 0 Å². The second-order valence-electron chi connectivity index (χ2n) is 1.75. The molecule has 1 fully saturated rings. The monoisotopic (exact) mass is 164 g/mol. The minimum Gasteiger partial charge on any atom is -0.377 e. The molecular weight excluding hydrogens is 156 g/mol. The Morgan fingerprint density at radius 3 is 2.57 bits per heavy atom. The van der Waals surface area contributed by atoms with Crippen LogP contribution in [0.15, 0.2) is 0 Å². The molecule has 7 heavy (non-hydrogen) atoms. The van der Waals surface area contributed by atoms with Gasteiger partial charge in [-0.25, -0.2) is 0 Å². The maximum absolute atomic E-state index is 5.22. The molecule has 1 rings (SSSR count). The molecule has 0 heterocycles. The first-order valence-corrected chi connectivity index (χ1v) is 3.52. The van der Waals surface area contributed by atoms with Crippen molar-refractivity contribution in [1.82, 2.24) is 0 Å². The van der Waals surface area contributed by atoms with E-state index < -0.39 is 0 Å². The highest BCUT2D eigenvalue weighted by molar-refractivity contribution is 9.09. The summed E-state index contributed by atoms with van der Waals surface area (Å²) in [5.74, 6) is 0. The number of halogens is 1. The van der Waals surface area contributed by atoms with Crippen molar-refractivity contribution in [1.29, 1.82) is 0 Å². The molecule has 0 spiro atoms. The van der Waals surface area contributed by atoms with Gasteiger partial charge >= 0.3 is 0 Å². The third kappa shape index (κ3) is 1.42. The Morgan fingerprint density at radius 1 is 1.86 bits per heavy atom. The third-order valence-corrected chi connectivity index (χ3v) is 2.00. The molecule has 0 aromatic carbocycles. The van der Waals surface area contributed by atoms with Gasteiger partial charge in [-0.05, 0) is 13.3 Å². The number of ether oxygens (including phenoxy) is 1. The molecule has 2 atom stereocenters. The Hall–Kier alpha value is 0.440. The predicted molar refractivity (Wildman–Crippen MR) is 32.7 cm³/mol. The summed E-state index contributed by atoms with van der Waals surface area (Å²) < 4.78 is 5.22. The van der Waals surface area contributed by atoms with E-state index >= 15 is 0 Å². The van der Waals surface area contributed by atoms with Crippen LogP contribution in [-0.4, -0.2) is 17.5 Å². The molecule has 0 saturated heterocycles. The van der Waals surface area contributed by atoms with E-state index in [-0.39, 0.29) is 0 Å². The topological polar surface area (TPSA) is 9.23 Å². The average Bonchev–Trinajstić information content (AvgIpc) is 2.22. The second-order valence-corrected chi connectivity index (χ2v) is 2.92. The Bertz CT molecular complexity index is 65.1. The fourth-order valence-corrected chi connectivity index (χ4v) is 1.05. The second kappa shape index (κ2) is 2.14. The zero-order chi connectivity index (χ0) is 5.28. The van der Waals surface area contributed by atoms with E-state index in [1.165, 1.54) is 6.42 Å². The average molecular weight is 165 g/mol. The van der Waals surface area contributed by atoms with Crippen LogP contribution in [0.3, 0.4) is 0 Å². The standard InChI is InChI=1S/C5H9BrO/c1-2-7-5-3-4(5)6/h4-5H,2-3H2,1H3/t4-,5-/m1/s1. The largest absolute Gasteiger partial charge is 0.377 e. The van der Waals surface area contributed by atoms with Gasteiger partial charge in [0, 0.05) is 11.4 Å². The fraction of sp³-hybridized carbons (Fsp3) is 1.00. The van der Waals surface area contributed by atoms with Crippen molar-refractivity contribution < 1.29 is 4.74 Å². The van der Waals surface area contributed by atoms with Gasteiger partial charge in [0.05, 0.1) is 6.10 Å². The molecule has 1 nitrogen and oxygen atoms in total. The smallest absolute Gasteiger partial charge is 0.0712 e. The molecule has 0 radical (unpaired) electrons. The lowest BCUT2D eigenvalue weighted by Crippen LogP contribution is -1.93. The SMILES string of the molecule is CCO[C@@H]1C[C@H]1Br. The Balaban J connectivity index is 1.98. The van der Waals surface area contributed by atoms with Gasteiger partial charge in [-0.1, -0.05) is 15.9 Å². The molecule has 1 saturated carbocycles. The predicted octanol–water partition coefficient (Wildman–Crippen LogP) is 1.56. The van der Waals surface area contributed by atoms with Gasteiger partial charge in [0.15, 0.2) is 0 Å². The van der Waals surface area contributed by atoms with Crippen LogP contribution in [-0.2, 0) is 4.74 Å². The normalized spacial score (nSPS) is 38.6. The van der Waals surface area contributed by atoms with E-state index in [1.807, 2.05) is 6.92 Å². The molecule has 0 unspecified atom stereocenters. The van der Waals surface area contributed by atoms with Crippen LogP contribution in [0.1, 0.15) is 13.3 Å². The maximum Gasteiger partial charge on any atom is 0.0712 e. The van der Waals surface area contributed by atoms with Crippen molar-refractivity contribution in [3.8, 4) is 0 Å². The van der Waals surface area contributed by atoms with E-state index in [2.05, 4.69) is 15.9 Å². The first kappa shape index (κ1) is 5.57. The van der Waals surface area contributed by atoms with E-state index in [1.54, 1.807) is 0 Å². The maximum atomic E-state index is 5.22. The first-order valence-electron chi connectivity index (χ1n) is 2.60. The highest BCUT2D eigenvalue weighted by Gasteiger charge is 2.34. The van der Waals surface area contributed by atoms with Crippen molar-refractivity contribution in [2.24, 2.45) is 0 Å². The highest BCUT2D eigenvalue weighted by atomic mass is 79.9. The van der Waals surface area contributed by atoms with Gasteiger partial charge in [0.25, 0.3) is 0 Å². The van der Waals surface area contributed by atoms with Gasteiger partial charge in [-0.3, -0.25) is 0 Å². The summed E-state index contributed by atoms with van der Waals surface area (Å²) in [4.78, 5) is 0.660. The first-order chi connectivity index (χ1) is 3.34. The van der Waals surface area contributed by atoms with Crippen molar-refractivity contribution in [2.75, 3.05) is 6.61 Å². The number of hydrogen-bond acceptors (Lipinski definition) is 1. The molecule has 42 valence electrons. The lowest BCUT2D eigenvalue weighted by atomic mass is 10.8. The molecule has 0 aromatic heterocycles. The Morgan fingerprint density at radius 2 is 2.43 bits per heavy atom. The lowest BCUT2D eigenvalue weighted by molar-refractivity contribution is 0.134. The van der Waals surface area contributed by atoms with Crippen molar-refractivity contribution in [3.63, 3.8) is 0 Å². The minimum absolute atomic E-state index is 0.532. The summed E-state index contributed by atoms with van der Waals surface area (Å²) in [6.07, 6.45) is 1.73. The quantitative estimate of drug-likeness (QED) is 0.564.